The number of aromatic nitrogens is 3. The first-order chi connectivity index (χ1) is 11.3. The minimum absolute atomic E-state index is 0. The van der Waals surface area contributed by atoms with Crippen LogP contribution in [0.4, 0.5) is 5.00 Å². The van der Waals surface area contributed by atoms with Gasteiger partial charge in [-0.25, -0.2) is 4.99 Å². The molecule has 0 atom stereocenters. The Labute approximate surface area is 163 Å². The van der Waals surface area contributed by atoms with Crippen molar-refractivity contribution in [1.82, 2.24) is 25.0 Å². The highest BCUT2D eigenvalue weighted by atomic mass is 127. The summed E-state index contributed by atoms with van der Waals surface area (Å²) >= 11 is 1.80. The second-order valence-electron chi connectivity index (χ2n) is 5.45. The summed E-state index contributed by atoms with van der Waals surface area (Å²) in [5.74, 6) is 1.83. The summed E-state index contributed by atoms with van der Waals surface area (Å²) in [6.45, 7) is 7.50. The number of anilines is 1. The first kappa shape index (κ1) is 19.0. The Bertz CT molecular complexity index is 632. The second-order valence-corrected chi connectivity index (χ2v) is 6.38. The molecule has 0 radical (unpaired) electrons. The molecule has 2 aromatic heterocycles. The molecule has 0 unspecified atom stereocenters. The van der Waals surface area contributed by atoms with Gasteiger partial charge in [0.2, 0.25) is 0 Å². The van der Waals surface area contributed by atoms with Crippen LogP contribution in [0.1, 0.15) is 12.7 Å². The minimum Gasteiger partial charge on any atom is -0.360 e. The van der Waals surface area contributed by atoms with Crippen molar-refractivity contribution in [3.05, 3.63) is 29.7 Å². The van der Waals surface area contributed by atoms with Crippen molar-refractivity contribution in [2.75, 3.05) is 37.6 Å². The maximum Gasteiger partial charge on any atom is 0.194 e. The third-order valence-electron chi connectivity index (χ3n) is 3.91. The predicted molar refractivity (Wildman–Crippen MR) is 109 cm³/mol. The third kappa shape index (κ3) is 4.59. The van der Waals surface area contributed by atoms with E-state index in [1.54, 1.807) is 17.7 Å². The summed E-state index contributed by atoms with van der Waals surface area (Å²) in [6.07, 6.45) is 1.71. The molecule has 0 spiro atoms. The first-order valence-corrected chi connectivity index (χ1v) is 8.80. The van der Waals surface area contributed by atoms with Gasteiger partial charge in [-0.15, -0.1) is 45.5 Å². The number of aryl methyl sites for hydroxylation is 1. The van der Waals surface area contributed by atoms with Gasteiger partial charge < -0.3 is 19.7 Å². The maximum absolute atomic E-state index is 4.72. The van der Waals surface area contributed by atoms with E-state index in [2.05, 4.69) is 49.8 Å². The zero-order chi connectivity index (χ0) is 16.1. The molecular weight excluding hydrogens is 437 g/mol. The van der Waals surface area contributed by atoms with Crippen LogP contribution in [0.5, 0.6) is 0 Å². The van der Waals surface area contributed by atoms with Gasteiger partial charge in [0.1, 0.15) is 12.9 Å². The SMILES string of the molecule is CCNC(=NCc1nncn1C)N1CCN(c2cccs2)CC1.I. The Kier molecular flexibility index (Phi) is 7.28. The van der Waals surface area contributed by atoms with Crippen molar-refractivity contribution in [2.45, 2.75) is 13.5 Å². The fourth-order valence-electron chi connectivity index (χ4n) is 2.61. The molecule has 1 fully saturated rings. The predicted octanol–water partition coefficient (Wildman–Crippen LogP) is 1.78. The van der Waals surface area contributed by atoms with E-state index in [1.807, 2.05) is 11.6 Å². The molecule has 132 valence electrons. The van der Waals surface area contributed by atoms with Gasteiger partial charge >= 0.3 is 0 Å². The summed E-state index contributed by atoms with van der Waals surface area (Å²) in [5, 5.41) is 14.9. The van der Waals surface area contributed by atoms with E-state index in [-0.39, 0.29) is 24.0 Å². The van der Waals surface area contributed by atoms with Gasteiger partial charge in [-0.05, 0) is 24.4 Å². The number of thiophene rings is 1. The largest absolute Gasteiger partial charge is 0.360 e. The van der Waals surface area contributed by atoms with Crippen molar-refractivity contribution in [1.29, 1.82) is 0 Å². The number of nitrogens with zero attached hydrogens (tertiary/aromatic N) is 6. The Hall–Kier alpha value is -1.36. The molecule has 9 heteroatoms. The number of hydrogen-bond acceptors (Lipinski definition) is 5. The average molecular weight is 461 g/mol. The van der Waals surface area contributed by atoms with Crippen molar-refractivity contribution in [3.63, 3.8) is 0 Å². The van der Waals surface area contributed by atoms with E-state index < -0.39 is 0 Å². The Morgan fingerprint density at radius 3 is 2.71 bits per heavy atom. The topological polar surface area (TPSA) is 61.6 Å². The molecular formula is C15H24IN7S. The lowest BCUT2D eigenvalue weighted by Gasteiger charge is -2.37. The molecule has 0 aromatic carbocycles. The van der Waals surface area contributed by atoms with Gasteiger partial charge in [-0.3, -0.25) is 0 Å². The van der Waals surface area contributed by atoms with Crippen molar-refractivity contribution in [3.8, 4) is 0 Å². The Morgan fingerprint density at radius 1 is 1.33 bits per heavy atom. The molecule has 1 aliphatic rings. The zero-order valence-electron chi connectivity index (χ0n) is 14.1. The number of aliphatic imine (C=N–C) groups is 1. The van der Waals surface area contributed by atoms with Crippen molar-refractivity contribution >= 4 is 46.3 Å². The molecule has 7 nitrogen and oxygen atoms in total. The van der Waals surface area contributed by atoms with Crippen molar-refractivity contribution in [2.24, 2.45) is 12.0 Å². The van der Waals surface area contributed by atoms with E-state index in [4.69, 9.17) is 4.99 Å². The summed E-state index contributed by atoms with van der Waals surface area (Å²) in [7, 11) is 1.94. The molecule has 24 heavy (non-hydrogen) atoms. The van der Waals surface area contributed by atoms with Crippen LogP contribution in [-0.2, 0) is 13.6 Å². The molecule has 2 aromatic rings. The van der Waals surface area contributed by atoms with Gasteiger partial charge in [-0.1, -0.05) is 0 Å². The van der Waals surface area contributed by atoms with Crippen LogP contribution in [0.3, 0.4) is 0 Å². The van der Waals surface area contributed by atoms with Crippen LogP contribution in [0.15, 0.2) is 28.8 Å². The number of piperazine rings is 1. The summed E-state index contributed by atoms with van der Waals surface area (Å²) in [5.41, 5.74) is 0. The molecule has 3 rings (SSSR count). The molecule has 0 amide bonds. The molecule has 0 saturated carbocycles. The molecule has 0 aliphatic carbocycles. The lowest BCUT2D eigenvalue weighted by atomic mass is 10.3. The second kappa shape index (κ2) is 9.21. The molecule has 1 saturated heterocycles. The van der Waals surface area contributed by atoms with Gasteiger partial charge in [0.05, 0.1) is 5.00 Å². The van der Waals surface area contributed by atoms with Crippen molar-refractivity contribution < 1.29 is 0 Å². The Balaban J connectivity index is 0.00000208. The van der Waals surface area contributed by atoms with Crippen LogP contribution in [-0.4, -0.2) is 58.3 Å². The molecule has 0 bridgehead atoms. The number of guanidine groups is 1. The minimum atomic E-state index is 0. The van der Waals surface area contributed by atoms with Crippen LogP contribution in [0, 0.1) is 0 Å². The number of hydrogen-bond donors (Lipinski definition) is 1. The van der Waals surface area contributed by atoms with Gasteiger partial charge in [0.15, 0.2) is 11.8 Å². The van der Waals surface area contributed by atoms with E-state index >= 15 is 0 Å². The molecule has 1 N–H and O–H groups in total. The van der Waals surface area contributed by atoms with E-state index in [1.165, 1.54) is 5.00 Å². The third-order valence-corrected chi connectivity index (χ3v) is 4.84. The maximum atomic E-state index is 4.72. The highest BCUT2D eigenvalue weighted by molar-refractivity contribution is 14.0. The van der Waals surface area contributed by atoms with E-state index in [0.717, 1.165) is 44.5 Å². The summed E-state index contributed by atoms with van der Waals surface area (Å²) < 4.78 is 1.90. The van der Waals surface area contributed by atoms with Crippen LogP contribution >= 0.6 is 35.3 Å². The smallest absolute Gasteiger partial charge is 0.194 e. The number of nitrogens with one attached hydrogen (secondary N) is 1. The fraction of sp³-hybridized carbons (Fsp3) is 0.533. The zero-order valence-corrected chi connectivity index (χ0v) is 17.2. The lowest BCUT2D eigenvalue weighted by molar-refractivity contribution is 0.373. The van der Waals surface area contributed by atoms with Gasteiger partial charge in [0, 0.05) is 39.8 Å². The fourth-order valence-corrected chi connectivity index (χ4v) is 3.40. The number of rotatable bonds is 4. The highest BCUT2D eigenvalue weighted by Gasteiger charge is 2.20. The van der Waals surface area contributed by atoms with Crippen LogP contribution < -0.4 is 10.2 Å². The van der Waals surface area contributed by atoms with Crippen LogP contribution in [0.25, 0.3) is 0 Å². The normalized spacial score (nSPS) is 15.3. The average Bonchev–Trinajstić information content (AvgIpc) is 3.24. The first-order valence-electron chi connectivity index (χ1n) is 7.92. The molecule has 3 heterocycles. The van der Waals surface area contributed by atoms with Crippen LogP contribution in [0.2, 0.25) is 0 Å². The monoisotopic (exact) mass is 461 g/mol. The standard InChI is InChI=1S/C15H23N7S.HI/c1-3-16-15(17-11-13-19-18-12-20(13)2)22-8-6-21(7-9-22)14-5-4-10-23-14;/h4-5,10,12H,3,6-9,11H2,1-2H3,(H,16,17);1H. The van der Waals surface area contributed by atoms with Gasteiger partial charge in [0.25, 0.3) is 0 Å². The van der Waals surface area contributed by atoms with Gasteiger partial charge in [-0.2, -0.15) is 0 Å². The number of halogens is 1. The Morgan fingerprint density at radius 2 is 2.12 bits per heavy atom. The summed E-state index contributed by atoms with van der Waals surface area (Å²) in [4.78, 5) is 9.48. The quantitative estimate of drug-likeness (QED) is 0.428. The molecule has 1 aliphatic heterocycles. The lowest BCUT2D eigenvalue weighted by Crippen LogP contribution is -2.52. The van der Waals surface area contributed by atoms with E-state index in [0.29, 0.717) is 6.54 Å². The van der Waals surface area contributed by atoms with E-state index in [9.17, 15) is 0 Å². The highest BCUT2D eigenvalue weighted by Crippen LogP contribution is 2.22. The summed E-state index contributed by atoms with van der Waals surface area (Å²) in [6, 6.07) is 4.30.